The van der Waals surface area contributed by atoms with Crippen molar-refractivity contribution in [1.82, 2.24) is 0 Å². The van der Waals surface area contributed by atoms with Gasteiger partial charge in [-0.15, -0.1) is 69.1 Å². The molecule has 0 aliphatic heterocycles. The van der Waals surface area contributed by atoms with E-state index in [1.807, 2.05) is 0 Å². The van der Waals surface area contributed by atoms with Crippen molar-refractivity contribution in [3.63, 3.8) is 0 Å². The predicted molar refractivity (Wildman–Crippen MR) is 290 cm³/mol. The Morgan fingerprint density at radius 3 is 0.969 bits per heavy atom. The van der Waals surface area contributed by atoms with Crippen LogP contribution in [0.2, 0.25) is 13.1 Å². The van der Waals surface area contributed by atoms with Gasteiger partial charge >= 0.3 is 37.9 Å². The van der Waals surface area contributed by atoms with Crippen molar-refractivity contribution in [1.29, 1.82) is 0 Å². The number of hydrogen-bond donors (Lipinski definition) is 0. The Kier molecular flexibility index (Phi) is 20.8. The van der Waals surface area contributed by atoms with Crippen LogP contribution in [-0.4, -0.2) is 9.52 Å². The van der Waals surface area contributed by atoms with Crippen LogP contribution >= 0.6 is 17.0 Å². The summed E-state index contributed by atoms with van der Waals surface area (Å²) in [6.45, 7) is 45.9. The zero-order chi connectivity index (χ0) is 48.5. The van der Waals surface area contributed by atoms with E-state index in [1.165, 1.54) is 88.3 Å². The Balaban J connectivity index is 0.000000303. The molecular formula is C60H84Cl2SiZr. The average Bonchev–Trinajstić information content (AvgIpc) is 3.78. The van der Waals surface area contributed by atoms with Crippen molar-refractivity contribution in [3.05, 3.63) is 129 Å². The van der Waals surface area contributed by atoms with Crippen LogP contribution in [0.25, 0.3) is 43.8 Å². The summed E-state index contributed by atoms with van der Waals surface area (Å²) in [4.78, 5) is 0. The first-order valence-corrected chi connectivity index (χ1v) is 32.3. The summed E-state index contributed by atoms with van der Waals surface area (Å²) >= 11 is -0.826. The van der Waals surface area contributed by atoms with Crippen LogP contribution in [-0.2, 0) is 68.2 Å². The molecule has 64 heavy (non-hydrogen) atoms. The van der Waals surface area contributed by atoms with Crippen LogP contribution in [0.5, 0.6) is 0 Å². The Labute approximate surface area is 414 Å². The van der Waals surface area contributed by atoms with Gasteiger partial charge in [0, 0.05) is 9.52 Å². The van der Waals surface area contributed by atoms with Gasteiger partial charge in [-0.25, -0.2) is 0 Å². The van der Waals surface area contributed by atoms with Gasteiger partial charge in [0.1, 0.15) is 0 Å². The molecule has 0 spiro atoms. The van der Waals surface area contributed by atoms with E-state index in [0.717, 1.165) is 35.2 Å². The van der Waals surface area contributed by atoms with E-state index >= 15 is 0 Å². The number of fused-ring (bicyclic) bond motifs is 2. The third kappa shape index (κ3) is 15.4. The molecule has 2 radical (unpaired) electrons. The second-order valence-electron chi connectivity index (χ2n) is 23.0. The summed E-state index contributed by atoms with van der Waals surface area (Å²) in [7, 11) is 11.0. The molecule has 346 valence electrons. The monoisotopic (exact) mass is 992 g/mol. The minimum atomic E-state index is -0.826. The number of hydrogen-bond acceptors (Lipinski definition) is 0. The number of rotatable bonds is 8. The molecule has 0 aliphatic rings. The van der Waals surface area contributed by atoms with Crippen LogP contribution in [0.15, 0.2) is 84.9 Å². The molecule has 0 aromatic heterocycles. The van der Waals surface area contributed by atoms with Crippen molar-refractivity contribution in [3.8, 4) is 22.3 Å². The minimum absolute atomic E-state index is 0.130. The molecule has 6 aromatic rings. The zero-order valence-electron chi connectivity index (χ0n) is 43.8. The third-order valence-electron chi connectivity index (χ3n) is 12.0. The summed E-state index contributed by atoms with van der Waals surface area (Å²) < 4.78 is 0. The summed E-state index contributed by atoms with van der Waals surface area (Å²) in [6.07, 6.45) is 4.40. The fourth-order valence-electron chi connectivity index (χ4n) is 8.50. The third-order valence-corrected chi connectivity index (χ3v) is 12.0. The van der Waals surface area contributed by atoms with E-state index in [4.69, 9.17) is 17.0 Å². The van der Waals surface area contributed by atoms with Crippen LogP contribution < -0.4 is 0 Å². The molecule has 0 heterocycles. The van der Waals surface area contributed by atoms with E-state index < -0.39 is 20.8 Å². The SMILES string of the molecule is CCc1ccc2[cH-]c(CC(C)C)cc2c1-c1cc(C(C)(C)C)cc(C(C)(C)C)c1.CCc1ccc2[cH-]c(CC(C)C)cc2c1-c1cc(C(C)(C)C)cc(C(C)(C)C)c1.C[Si]C.[Cl][Zr+2][Cl]. The van der Waals surface area contributed by atoms with E-state index in [1.54, 1.807) is 0 Å². The fraction of sp³-hybridized carbons (Fsp3) is 0.500. The van der Waals surface area contributed by atoms with Crippen LogP contribution in [0, 0.1) is 11.8 Å². The second-order valence-corrected chi connectivity index (χ2v) is 27.7. The molecule has 0 saturated carbocycles. The molecular weight excluding hydrogens is 911 g/mol. The molecule has 0 saturated heterocycles. The molecule has 0 N–H and O–H groups in total. The molecule has 6 rings (SSSR count). The van der Waals surface area contributed by atoms with Crippen LogP contribution in [0.3, 0.4) is 0 Å². The summed E-state index contributed by atoms with van der Waals surface area (Å²) in [6, 6.07) is 33.6. The molecule has 0 fully saturated rings. The van der Waals surface area contributed by atoms with Crippen molar-refractivity contribution in [2.75, 3.05) is 0 Å². The van der Waals surface area contributed by atoms with Gasteiger partial charge < -0.3 is 0 Å². The van der Waals surface area contributed by atoms with Crippen molar-refractivity contribution < 1.29 is 20.8 Å². The second kappa shape index (κ2) is 23.7. The van der Waals surface area contributed by atoms with Crippen molar-refractivity contribution in [2.45, 2.75) is 185 Å². The van der Waals surface area contributed by atoms with E-state index in [0.29, 0.717) is 11.8 Å². The summed E-state index contributed by atoms with van der Waals surface area (Å²) in [5.74, 6) is 1.36. The topological polar surface area (TPSA) is 0 Å². The maximum atomic E-state index is 4.93. The predicted octanol–water partition coefficient (Wildman–Crippen LogP) is 19.3. The maximum absolute atomic E-state index is 4.93. The van der Waals surface area contributed by atoms with Gasteiger partial charge in [0.2, 0.25) is 0 Å². The van der Waals surface area contributed by atoms with Gasteiger partial charge in [0.25, 0.3) is 0 Å². The van der Waals surface area contributed by atoms with E-state index in [-0.39, 0.29) is 21.7 Å². The van der Waals surface area contributed by atoms with Gasteiger partial charge in [-0.2, -0.15) is 12.1 Å². The van der Waals surface area contributed by atoms with Gasteiger partial charge in [0.05, 0.1) is 0 Å². The van der Waals surface area contributed by atoms with Gasteiger partial charge in [-0.05, 0) is 92.6 Å². The standard InChI is InChI=1S/2C29H39.C2H6Si.2ClH.Zr/c2*1-10-21-11-12-22-14-20(13-19(2)3)15-26(22)27(21)23-16-24(28(4,5)6)18-25(17-23)29(7,8)9;1-3-2;;;/h2*11-12,14-19H,10,13H2,1-9H3;1-2H3;2*1H;/q2*-1;;;;+4/p-2. The molecule has 6 aromatic carbocycles. The molecule has 0 aliphatic carbocycles. The van der Waals surface area contributed by atoms with Crippen LogP contribution in [0.4, 0.5) is 0 Å². The summed E-state index contributed by atoms with van der Waals surface area (Å²) in [5, 5.41) is 5.61. The van der Waals surface area contributed by atoms with E-state index in [9.17, 15) is 0 Å². The fourth-order valence-corrected chi connectivity index (χ4v) is 8.50. The number of aryl methyl sites for hydroxylation is 2. The van der Waals surface area contributed by atoms with Crippen molar-refractivity contribution in [2.24, 2.45) is 11.8 Å². The molecule has 0 nitrogen and oxygen atoms in total. The first kappa shape index (κ1) is 56.1. The Morgan fingerprint density at radius 1 is 0.484 bits per heavy atom. The number of halogens is 2. The Bertz CT molecular complexity index is 2160. The van der Waals surface area contributed by atoms with Crippen molar-refractivity contribution >= 4 is 48.1 Å². The Hall–Kier alpha value is -2.22. The van der Waals surface area contributed by atoms with Gasteiger partial charge in [0.15, 0.2) is 0 Å². The molecule has 0 bridgehead atoms. The first-order chi connectivity index (χ1) is 29.6. The molecule has 0 atom stereocenters. The van der Waals surface area contributed by atoms with E-state index in [2.05, 4.69) is 223 Å². The quantitative estimate of drug-likeness (QED) is 0.105. The first-order valence-electron chi connectivity index (χ1n) is 23.9. The normalized spacial score (nSPS) is 12.1. The van der Waals surface area contributed by atoms with Crippen LogP contribution in [0.1, 0.15) is 169 Å². The molecule has 0 unspecified atom stereocenters. The van der Waals surface area contributed by atoms with Gasteiger partial charge in [-0.3, -0.25) is 0 Å². The average molecular weight is 996 g/mol. The zero-order valence-corrected chi connectivity index (χ0v) is 48.8. The summed E-state index contributed by atoms with van der Waals surface area (Å²) in [5.41, 5.74) is 17.7. The molecule has 4 heteroatoms. The Morgan fingerprint density at radius 2 is 0.750 bits per heavy atom. The van der Waals surface area contributed by atoms with Gasteiger partial charge in [-0.1, -0.05) is 196 Å². The number of benzene rings is 4. The molecule has 0 amide bonds.